The predicted molar refractivity (Wildman–Crippen MR) is 90.4 cm³/mol. The molecule has 0 aliphatic carbocycles. The average Bonchev–Trinajstić information content (AvgIpc) is 3.15. The number of nitrogens with zero attached hydrogens (tertiary/aromatic N) is 3. The number of carboxylic acid groups (broad SMARTS) is 1. The van der Waals surface area contributed by atoms with Crippen molar-refractivity contribution in [1.29, 1.82) is 0 Å². The van der Waals surface area contributed by atoms with Crippen LogP contribution in [0.5, 0.6) is 0 Å². The van der Waals surface area contributed by atoms with E-state index in [1.54, 1.807) is 6.07 Å². The van der Waals surface area contributed by atoms with Crippen LogP contribution in [0, 0.1) is 6.92 Å². The van der Waals surface area contributed by atoms with Gasteiger partial charge in [-0.05, 0) is 43.5 Å². The summed E-state index contributed by atoms with van der Waals surface area (Å²) < 4.78 is 7.46. The molecule has 0 aromatic carbocycles. The Labute approximate surface area is 140 Å². The Hall–Kier alpha value is -2.63. The summed E-state index contributed by atoms with van der Waals surface area (Å²) in [5.41, 5.74) is 2.73. The Morgan fingerprint density at radius 2 is 2.08 bits per heavy atom. The molecule has 3 aromatic rings. The van der Waals surface area contributed by atoms with E-state index in [0.717, 1.165) is 35.4 Å². The number of hydrogen-bond acceptors (Lipinski definition) is 4. The van der Waals surface area contributed by atoms with E-state index in [9.17, 15) is 4.79 Å². The second kappa shape index (κ2) is 6.47. The smallest absolute Gasteiger partial charge is 0.371 e. The summed E-state index contributed by atoms with van der Waals surface area (Å²) in [5, 5.41) is 9.02. The Morgan fingerprint density at radius 1 is 1.33 bits per heavy atom. The fourth-order valence-corrected chi connectivity index (χ4v) is 2.98. The molecule has 0 radical (unpaired) electrons. The largest absolute Gasteiger partial charge is 0.475 e. The van der Waals surface area contributed by atoms with E-state index in [2.05, 4.69) is 18.8 Å². The highest BCUT2D eigenvalue weighted by Crippen LogP contribution is 2.27. The average molecular weight is 327 g/mol. The zero-order valence-corrected chi connectivity index (χ0v) is 14.1. The molecule has 0 atom stereocenters. The summed E-state index contributed by atoms with van der Waals surface area (Å²) in [6, 6.07) is 5.20. The first-order valence-electron chi connectivity index (χ1n) is 8.18. The van der Waals surface area contributed by atoms with E-state index in [4.69, 9.17) is 14.5 Å². The lowest BCUT2D eigenvalue weighted by atomic mass is 10.0. The highest BCUT2D eigenvalue weighted by Gasteiger charge is 2.20. The monoisotopic (exact) mass is 327 g/mol. The molecule has 3 aromatic heterocycles. The molecule has 0 spiro atoms. The van der Waals surface area contributed by atoms with Crippen LogP contribution in [0.15, 0.2) is 28.8 Å². The normalized spacial score (nSPS) is 11.5. The second-order valence-electron chi connectivity index (χ2n) is 6.00. The van der Waals surface area contributed by atoms with Crippen molar-refractivity contribution in [2.45, 2.75) is 46.1 Å². The number of rotatable bonds is 6. The maximum atomic E-state index is 11.0. The molecule has 0 aliphatic heterocycles. The molecule has 0 unspecified atom stereocenters. The van der Waals surface area contributed by atoms with E-state index in [1.807, 2.05) is 23.8 Å². The van der Waals surface area contributed by atoms with Gasteiger partial charge in [-0.3, -0.25) is 0 Å². The lowest BCUT2D eigenvalue weighted by molar-refractivity contribution is 0.0660. The first kappa shape index (κ1) is 16.2. The van der Waals surface area contributed by atoms with E-state index in [0.29, 0.717) is 18.2 Å². The van der Waals surface area contributed by atoms with Crippen LogP contribution in [-0.2, 0) is 6.54 Å². The molecular formula is C18H21N3O3. The molecule has 0 aliphatic rings. The van der Waals surface area contributed by atoms with Gasteiger partial charge in [0.05, 0.1) is 6.54 Å². The van der Waals surface area contributed by atoms with Gasteiger partial charge in [-0.25, -0.2) is 14.8 Å². The molecule has 3 rings (SSSR count). The molecule has 0 saturated carbocycles. The van der Waals surface area contributed by atoms with Crippen molar-refractivity contribution in [3.8, 4) is 0 Å². The Kier molecular flexibility index (Phi) is 4.38. The third-order valence-electron chi connectivity index (χ3n) is 4.29. The molecule has 0 fully saturated rings. The van der Waals surface area contributed by atoms with Crippen molar-refractivity contribution in [3.63, 3.8) is 0 Å². The van der Waals surface area contributed by atoms with Gasteiger partial charge < -0.3 is 14.1 Å². The lowest BCUT2D eigenvalue weighted by Crippen LogP contribution is -2.09. The summed E-state index contributed by atoms with van der Waals surface area (Å²) in [4.78, 5) is 20.3. The van der Waals surface area contributed by atoms with Crippen LogP contribution in [-0.4, -0.2) is 25.6 Å². The number of imidazole rings is 1. The molecule has 126 valence electrons. The number of hydrogen-bond donors (Lipinski definition) is 1. The topological polar surface area (TPSA) is 81.2 Å². The van der Waals surface area contributed by atoms with Gasteiger partial charge in [-0.2, -0.15) is 0 Å². The summed E-state index contributed by atoms with van der Waals surface area (Å²) in [6.45, 7) is 6.71. The highest BCUT2D eigenvalue weighted by atomic mass is 16.4. The molecule has 0 amide bonds. The number of pyridine rings is 1. The quantitative estimate of drug-likeness (QED) is 0.740. The lowest BCUT2D eigenvalue weighted by Gasteiger charge is -2.14. The zero-order chi connectivity index (χ0) is 17.3. The first-order chi connectivity index (χ1) is 11.5. The van der Waals surface area contributed by atoms with Crippen molar-refractivity contribution in [2.24, 2.45) is 0 Å². The van der Waals surface area contributed by atoms with E-state index >= 15 is 0 Å². The number of aromatic carboxylic acids is 1. The molecule has 0 bridgehead atoms. The summed E-state index contributed by atoms with van der Waals surface area (Å²) >= 11 is 0. The van der Waals surface area contributed by atoms with Crippen molar-refractivity contribution >= 4 is 17.1 Å². The number of carboxylic acids is 1. The van der Waals surface area contributed by atoms with Gasteiger partial charge in [0.25, 0.3) is 0 Å². The maximum Gasteiger partial charge on any atom is 0.371 e. The van der Waals surface area contributed by atoms with Gasteiger partial charge in [0, 0.05) is 12.1 Å². The SMILES string of the molecule is CCC(CC)c1nc2cc(C)cnc2n1Cc1ccc(C(=O)O)o1. The standard InChI is InChI=1S/C18H21N3O3/c1-4-12(5-2)16-20-14-8-11(3)9-19-17(14)21(16)10-13-6-7-15(24-13)18(22)23/h6-9,12H,4-5,10H2,1-3H3,(H,22,23). The van der Waals surface area contributed by atoms with Crippen LogP contribution < -0.4 is 0 Å². The maximum absolute atomic E-state index is 11.0. The molecule has 6 nitrogen and oxygen atoms in total. The van der Waals surface area contributed by atoms with E-state index in [1.165, 1.54) is 6.07 Å². The van der Waals surface area contributed by atoms with Gasteiger partial charge in [0.2, 0.25) is 5.76 Å². The van der Waals surface area contributed by atoms with Gasteiger partial charge in [0.15, 0.2) is 5.65 Å². The molecule has 0 saturated heterocycles. The Morgan fingerprint density at radius 3 is 2.71 bits per heavy atom. The fraction of sp³-hybridized carbons (Fsp3) is 0.389. The van der Waals surface area contributed by atoms with Crippen LogP contribution in [0.4, 0.5) is 0 Å². The van der Waals surface area contributed by atoms with Gasteiger partial charge in [-0.1, -0.05) is 13.8 Å². The summed E-state index contributed by atoms with van der Waals surface area (Å²) in [7, 11) is 0. The minimum absolute atomic E-state index is 0.0534. The fourth-order valence-electron chi connectivity index (χ4n) is 2.98. The van der Waals surface area contributed by atoms with Crippen molar-refractivity contribution in [1.82, 2.24) is 14.5 Å². The summed E-state index contributed by atoms with van der Waals surface area (Å²) in [6.07, 6.45) is 3.79. The Balaban J connectivity index is 2.09. The first-order valence-corrected chi connectivity index (χ1v) is 8.18. The third kappa shape index (κ3) is 2.91. The number of aryl methyl sites for hydroxylation is 1. The number of fused-ring (bicyclic) bond motifs is 1. The third-order valence-corrected chi connectivity index (χ3v) is 4.29. The molecule has 3 heterocycles. The molecular weight excluding hydrogens is 306 g/mol. The number of carbonyl (C=O) groups is 1. The highest BCUT2D eigenvalue weighted by molar-refractivity contribution is 5.84. The van der Waals surface area contributed by atoms with Crippen molar-refractivity contribution in [2.75, 3.05) is 0 Å². The van der Waals surface area contributed by atoms with Crippen LogP contribution in [0.2, 0.25) is 0 Å². The number of aromatic nitrogens is 3. The van der Waals surface area contributed by atoms with Crippen molar-refractivity contribution < 1.29 is 14.3 Å². The van der Waals surface area contributed by atoms with E-state index in [-0.39, 0.29) is 5.76 Å². The van der Waals surface area contributed by atoms with Crippen molar-refractivity contribution in [3.05, 3.63) is 47.3 Å². The van der Waals surface area contributed by atoms with Gasteiger partial charge in [-0.15, -0.1) is 0 Å². The van der Waals surface area contributed by atoms with Crippen LogP contribution in [0.1, 0.15) is 60.3 Å². The van der Waals surface area contributed by atoms with Crippen LogP contribution in [0.25, 0.3) is 11.2 Å². The summed E-state index contributed by atoms with van der Waals surface area (Å²) in [5.74, 6) is 0.768. The van der Waals surface area contributed by atoms with Gasteiger partial charge in [0.1, 0.15) is 17.1 Å². The number of furan rings is 1. The minimum atomic E-state index is -1.06. The predicted octanol–water partition coefficient (Wildman–Crippen LogP) is 3.98. The molecule has 24 heavy (non-hydrogen) atoms. The zero-order valence-electron chi connectivity index (χ0n) is 14.1. The Bertz CT molecular complexity index is 875. The van der Waals surface area contributed by atoms with E-state index < -0.39 is 5.97 Å². The molecule has 6 heteroatoms. The van der Waals surface area contributed by atoms with Crippen LogP contribution >= 0.6 is 0 Å². The molecule has 1 N–H and O–H groups in total. The minimum Gasteiger partial charge on any atom is -0.475 e. The van der Waals surface area contributed by atoms with Crippen LogP contribution in [0.3, 0.4) is 0 Å². The van der Waals surface area contributed by atoms with Gasteiger partial charge >= 0.3 is 5.97 Å². The second-order valence-corrected chi connectivity index (χ2v) is 6.00.